The van der Waals surface area contributed by atoms with Crippen LogP contribution in [-0.4, -0.2) is 20.6 Å². The van der Waals surface area contributed by atoms with Gasteiger partial charge in [-0.3, -0.25) is 4.21 Å². The quantitative estimate of drug-likeness (QED) is 0.861. The van der Waals surface area contributed by atoms with Crippen LogP contribution in [0.4, 0.5) is 0 Å². The maximum atomic E-state index is 11.6. The predicted molar refractivity (Wildman–Crippen MR) is 73.4 cm³/mol. The summed E-state index contributed by atoms with van der Waals surface area (Å²) in [6.07, 6.45) is 4.84. The molecule has 0 saturated heterocycles. The summed E-state index contributed by atoms with van der Waals surface area (Å²) in [6.45, 7) is 2.06. The van der Waals surface area contributed by atoms with E-state index in [1.165, 1.54) is 0 Å². The lowest BCUT2D eigenvalue weighted by Gasteiger charge is -2.06. The number of hydrogen-bond donors (Lipinski definition) is 0. The van der Waals surface area contributed by atoms with Crippen molar-refractivity contribution in [2.45, 2.75) is 37.0 Å². The lowest BCUT2D eigenvalue weighted by atomic mass is 10.1. The van der Waals surface area contributed by atoms with Crippen LogP contribution in [0.2, 0.25) is 0 Å². The fourth-order valence-electron chi connectivity index (χ4n) is 2.12. The first-order valence-electron chi connectivity index (χ1n) is 6.49. The van der Waals surface area contributed by atoms with Gasteiger partial charge in [-0.15, -0.1) is 0 Å². The summed E-state index contributed by atoms with van der Waals surface area (Å²) in [5.74, 6) is 1.84. The van der Waals surface area contributed by atoms with Gasteiger partial charge in [-0.25, -0.2) is 0 Å². The van der Waals surface area contributed by atoms with Gasteiger partial charge in [0.25, 0.3) is 0 Å². The average molecular weight is 276 g/mol. The van der Waals surface area contributed by atoms with Crippen molar-refractivity contribution in [2.75, 3.05) is 6.26 Å². The lowest BCUT2D eigenvalue weighted by molar-refractivity contribution is 0.380. The molecule has 1 aromatic heterocycles. The van der Waals surface area contributed by atoms with Crippen molar-refractivity contribution in [1.29, 1.82) is 0 Å². The molecule has 3 rings (SSSR count). The average Bonchev–Trinajstić information content (AvgIpc) is 3.15. The van der Waals surface area contributed by atoms with Gasteiger partial charge in [0.05, 0.1) is 10.8 Å². The third kappa shape index (κ3) is 2.47. The van der Waals surface area contributed by atoms with Crippen LogP contribution in [0, 0.1) is 0 Å². The van der Waals surface area contributed by atoms with Gasteiger partial charge in [-0.05, 0) is 43.0 Å². The molecule has 1 heterocycles. The molecule has 1 saturated carbocycles. The summed E-state index contributed by atoms with van der Waals surface area (Å²) in [5.41, 5.74) is 2.01. The first-order chi connectivity index (χ1) is 9.19. The molecule has 0 bridgehead atoms. The number of aryl methyl sites for hydroxylation is 1. The van der Waals surface area contributed by atoms with Crippen molar-refractivity contribution in [2.24, 2.45) is 0 Å². The van der Waals surface area contributed by atoms with Crippen molar-refractivity contribution in [3.05, 3.63) is 29.7 Å². The third-order valence-corrected chi connectivity index (χ3v) is 4.40. The smallest absolute Gasteiger partial charge is 0.230 e. The molecule has 0 N–H and O–H groups in total. The highest BCUT2D eigenvalue weighted by Gasteiger charge is 2.29. The summed E-state index contributed by atoms with van der Waals surface area (Å²) >= 11 is 0. The Labute approximate surface area is 114 Å². The highest BCUT2D eigenvalue weighted by atomic mass is 32.2. The zero-order valence-electron chi connectivity index (χ0n) is 11.0. The second-order valence-electron chi connectivity index (χ2n) is 4.86. The molecule has 4 nitrogen and oxygen atoms in total. The summed E-state index contributed by atoms with van der Waals surface area (Å²) in [5, 5.41) is 4.04. The minimum atomic E-state index is -0.961. The first kappa shape index (κ1) is 12.5. The molecule has 0 aliphatic heterocycles. The molecule has 0 unspecified atom stereocenters. The largest absolute Gasteiger partial charge is 0.339 e. The van der Waals surface area contributed by atoms with E-state index in [0.717, 1.165) is 41.2 Å². The molecule has 5 heteroatoms. The Balaban J connectivity index is 1.97. The van der Waals surface area contributed by atoms with Gasteiger partial charge in [0.2, 0.25) is 11.7 Å². The van der Waals surface area contributed by atoms with E-state index in [-0.39, 0.29) is 0 Å². The van der Waals surface area contributed by atoms with Crippen LogP contribution in [0.15, 0.2) is 27.6 Å². The van der Waals surface area contributed by atoms with Gasteiger partial charge >= 0.3 is 0 Å². The topological polar surface area (TPSA) is 56.0 Å². The summed E-state index contributed by atoms with van der Waals surface area (Å²) < 4.78 is 16.9. The molecule has 1 fully saturated rings. The molecule has 0 amide bonds. The fraction of sp³-hybridized carbons (Fsp3) is 0.429. The SMILES string of the molecule is CCc1cc(-c2noc(C3CC3)n2)ccc1[S@@](C)=O. The zero-order valence-corrected chi connectivity index (χ0v) is 11.9. The van der Waals surface area contributed by atoms with E-state index in [1.54, 1.807) is 6.26 Å². The molecule has 0 radical (unpaired) electrons. The Morgan fingerprint density at radius 3 is 2.84 bits per heavy atom. The molecule has 1 aromatic carbocycles. The second kappa shape index (κ2) is 4.89. The molecule has 100 valence electrons. The molecular formula is C14H16N2O2S. The maximum Gasteiger partial charge on any atom is 0.230 e. The molecule has 1 aliphatic carbocycles. The van der Waals surface area contributed by atoms with Crippen LogP contribution < -0.4 is 0 Å². The Hall–Kier alpha value is -1.49. The van der Waals surface area contributed by atoms with Gasteiger partial charge in [0.15, 0.2) is 0 Å². The number of rotatable bonds is 4. The monoisotopic (exact) mass is 276 g/mol. The van der Waals surface area contributed by atoms with Gasteiger partial charge in [0.1, 0.15) is 0 Å². The van der Waals surface area contributed by atoms with Crippen LogP contribution in [0.1, 0.15) is 37.1 Å². The van der Waals surface area contributed by atoms with Crippen molar-refractivity contribution < 1.29 is 8.73 Å². The van der Waals surface area contributed by atoms with Gasteiger partial charge in [-0.2, -0.15) is 4.98 Å². The first-order valence-corrected chi connectivity index (χ1v) is 8.05. The van der Waals surface area contributed by atoms with E-state index < -0.39 is 10.8 Å². The molecule has 19 heavy (non-hydrogen) atoms. The Kier molecular flexibility index (Phi) is 3.22. The summed E-state index contributed by atoms with van der Waals surface area (Å²) in [6, 6.07) is 5.83. The predicted octanol–water partition coefficient (Wildman–Crippen LogP) is 2.91. The normalized spacial score (nSPS) is 16.5. The van der Waals surface area contributed by atoms with E-state index in [4.69, 9.17) is 4.52 Å². The van der Waals surface area contributed by atoms with E-state index in [2.05, 4.69) is 17.1 Å². The van der Waals surface area contributed by atoms with Crippen molar-refractivity contribution in [3.63, 3.8) is 0 Å². The molecule has 1 atom stereocenters. The van der Waals surface area contributed by atoms with Crippen molar-refractivity contribution >= 4 is 10.8 Å². The molecule has 0 spiro atoms. The number of nitrogens with zero attached hydrogens (tertiary/aromatic N) is 2. The van der Waals surface area contributed by atoms with Crippen LogP contribution in [0.5, 0.6) is 0 Å². The third-order valence-electron chi connectivity index (χ3n) is 3.38. The molecule has 1 aliphatic rings. The highest BCUT2D eigenvalue weighted by Crippen LogP contribution is 2.39. The lowest BCUT2D eigenvalue weighted by Crippen LogP contribution is -1.96. The van der Waals surface area contributed by atoms with E-state index >= 15 is 0 Å². The minimum absolute atomic E-state index is 0.467. The van der Waals surface area contributed by atoms with Crippen LogP contribution in [-0.2, 0) is 17.2 Å². The minimum Gasteiger partial charge on any atom is -0.339 e. The zero-order chi connectivity index (χ0) is 13.4. The van der Waals surface area contributed by atoms with Gasteiger partial charge in [0, 0.05) is 22.6 Å². The standard InChI is InChI=1S/C14H16N2O2S/c1-3-9-8-11(6-7-12(9)19(2)17)13-15-14(18-16-13)10-4-5-10/h6-8,10H,3-5H2,1-2H3/t19-/m1/s1. The van der Waals surface area contributed by atoms with Crippen LogP contribution >= 0.6 is 0 Å². The number of hydrogen-bond acceptors (Lipinski definition) is 4. The molecular weight excluding hydrogens is 260 g/mol. The van der Waals surface area contributed by atoms with Gasteiger partial charge in [-0.1, -0.05) is 12.1 Å². The van der Waals surface area contributed by atoms with E-state index in [0.29, 0.717) is 11.7 Å². The number of aromatic nitrogens is 2. The Morgan fingerprint density at radius 2 is 2.21 bits per heavy atom. The summed E-state index contributed by atoms with van der Waals surface area (Å²) in [4.78, 5) is 5.33. The van der Waals surface area contributed by atoms with Gasteiger partial charge < -0.3 is 4.52 Å². The Morgan fingerprint density at radius 1 is 1.42 bits per heavy atom. The van der Waals surface area contributed by atoms with Crippen LogP contribution in [0.3, 0.4) is 0 Å². The fourth-order valence-corrected chi connectivity index (χ4v) is 2.96. The van der Waals surface area contributed by atoms with Crippen molar-refractivity contribution in [3.8, 4) is 11.4 Å². The van der Waals surface area contributed by atoms with Crippen LogP contribution in [0.25, 0.3) is 11.4 Å². The molecule has 2 aromatic rings. The maximum absolute atomic E-state index is 11.6. The number of benzene rings is 1. The van der Waals surface area contributed by atoms with E-state index in [9.17, 15) is 4.21 Å². The summed E-state index contributed by atoms with van der Waals surface area (Å²) in [7, 11) is -0.961. The second-order valence-corrected chi connectivity index (χ2v) is 6.21. The Bertz CT molecular complexity index is 632. The highest BCUT2D eigenvalue weighted by molar-refractivity contribution is 7.84. The van der Waals surface area contributed by atoms with E-state index in [1.807, 2.05) is 18.2 Å². The van der Waals surface area contributed by atoms with Crippen molar-refractivity contribution in [1.82, 2.24) is 10.1 Å².